The van der Waals surface area contributed by atoms with Gasteiger partial charge >= 0.3 is 7.82 Å². The lowest BCUT2D eigenvalue weighted by atomic mass is 10.0. The van der Waals surface area contributed by atoms with Crippen molar-refractivity contribution in [2.75, 3.05) is 13.2 Å². The predicted octanol–water partition coefficient (Wildman–Crippen LogP) is -0.204. The number of aliphatic hydroxyl groups excluding tert-OH is 1. The molecule has 0 saturated carbocycles. The van der Waals surface area contributed by atoms with E-state index in [0.717, 1.165) is 19.8 Å². The van der Waals surface area contributed by atoms with E-state index in [9.17, 15) is 33.6 Å². The van der Waals surface area contributed by atoms with E-state index >= 15 is 0 Å². The zero-order valence-corrected chi connectivity index (χ0v) is 31.3. The average molecular weight is 779 g/mol. The fourth-order valence-corrected chi connectivity index (χ4v) is 5.71. The van der Waals surface area contributed by atoms with E-state index in [1.54, 1.807) is 0 Å². The van der Waals surface area contributed by atoms with Crippen LogP contribution in [0.2, 0.25) is 0 Å². The number of amides is 5. The molecule has 11 N–H and O–H groups in total. The van der Waals surface area contributed by atoms with Gasteiger partial charge in [0.05, 0.1) is 19.0 Å². The summed E-state index contributed by atoms with van der Waals surface area (Å²) in [4.78, 5) is 94.2. The average Bonchev–Trinajstić information content (AvgIpc) is 3.62. The molecule has 298 valence electrons. The standard InChI is InChI=1S/C33H51N10O10P/c1-20(2)14-25(39-28(45)12-11-23(43-35)16-36-13-7-10-22-8-5-4-6-9-22)31(47)40-26(15-24-17-37-19-38-24)32(48)41-27(18-44)33(49)42-29(30(34)46)21(3)53-54(50,51)52/h4-6,8-9,16-17,19-21,23,25-27,29,35,44H,7,10-15,18H2,1-3H3,(H2,34,46)(H,37,38)(H,39,45)(H,40,47)(H,41,48)(H,42,49)(H2,50,51,52). The minimum atomic E-state index is -5.09. The van der Waals surface area contributed by atoms with Gasteiger partial charge < -0.3 is 46.9 Å². The van der Waals surface area contributed by atoms with Crippen molar-refractivity contribution < 1.29 is 48.0 Å². The summed E-state index contributed by atoms with van der Waals surface area (Å²) in [6.45, 7) is 4.27. The van der Waals surface area contributed by atoms with Crippen molar-refractivity contribution in [3.8, 4) is 0 Å². The highest BCUT2D eigenvalue weighted by Crippen LogP contribution is 2.38. The number of aliphatic imine (C=N–C) groups is 1. The lowest BCUT2D eigenvalue weighted by molar-refractivity contribution is -0.135. The topological polar surface area (TPSA) is 324 Å². The molecule has 0 aliphatic heterocycles. The minimum absolute atomic E-state index is 0.0690. The number of H-pyrrole nitrogens is 1. The first-order chi connectivity index (χ1) is 25.5. The van der Waals surface area contributed by atoms with Crippen LogP contribution in [0.15, 0.2) is 53.0 Å². The van der Waals surface area contributed by atoms with Crippen molar-refractivity contribution in [2.45, 2.75) is 95.6 Å². The molecule has 1 heterocycles. The summed E-state index contributed by atoms with van der Waals surface area (Å²) in [5.74, 6) is -4.60. The van der Waals surface area contributed by atoms with Crippen LogP contribution in [0.3, 0.4) is 0 Å². The van der Waals surface area contributed by atoms with Gasteiger partial charge in [0, 0.05) is 37.5 Å². The zero-order valence-electron chi connectivity index (χ0n) is 30.4. The molecular formula is C33H51N10O10P. The van der Waals surface area contributed by atoms with Gasteiger partial charge in [0.1, 0.15) is 30.2 Å². The van der Waals surface area contributed by atoms with Crippen LogP contribution >= 0.6 is 7.82 Å². The van der Waals surface area contributed by atoms with Gasteiger partial charge in [-0.15, -0.1) is 0 Å². The van der Waals surface area contributed by atoms with E-state index in [1.807, 2.05) is 44.2 Å². The molecule has 20 nitrogen and oxygen atoms in total. The van der Waals surface area contributed by atoms with Crippen molar-refractivity contribution in [2.24, 2.45) is 21.8 Å². The third kappa shape index (κ3) is 17.3. The van der Waals surface area contributed by atoms with E-state index in [4.69, 9.17) is 21.1 Å². The summed E-state index contributed by atoms with van der Waals surface area (Å²) in [6, 6.07) is 3.37. The first kappa shape index (κ1) is 45.3. The Morgan fingerprint density at radius 2 is 1.65 bits per heavy atom. The number of aryl methyl sites for hydroxylation is 1. The minimum Gasteiger partial charge on any atom is -0.394 e. The highest BCUT2D eigenvalue weighted by Gasteiger charge is 2.35. The van der Waals surface area contributed by atoms with Gasteiger partial charge in [0.2, 0.25) is 29.5 Å². The van der Waals surface area contributed by atoms with Crippen molar-refractivity contribution in [3.05, 3.63) is 54.1 Å². The molecule has 0 saturated heterocycles. The van der Waals surface area contributed by atoms with Gasteiger partial charge in [-0.05, 0) is 44.1 Å². The Morgan fingerprint density at radius 1 is 1.00 bits per heavy atom. The maximum Gasteiger partial charge on any atom is 0.469 e. The number of hydrogen-bond donors (Lipinski definition) is 10. The number of phosphoric ester groups is 1. The quantitative estimate of drug-likeness (QED) is 0.0272. The van der Waals surface area contributed by atoms with Crippen LogP contribution in [-0.2, 0) is 45.9 Å². The number of hydrogen-bond acceptors (Lipinski definition) is 12. The Kier molecular flexibility index (Phi) is 19.3. The highest BCUT2D eigenvalue weighted by molar-refractivity contribution is 7.46. The number of phosphoric acid groups is 1. The van der Waals surface area contributed by atoms with Crippen LogP contribution in [0.4, 0.5) is 0 Å². The number of aromatic nitrogens is 2. The number of nitrogens with zero attached hydrogens (tertiary/aromatic N) is 3. The Hall–Kier alpha value is -4.88. The summed E-state index contributed by atoms with van der Waals surface area (Å²) in [5.41, 5.74) is 14.4. The molecule has 1 aromatic carbocycles. The van der Waals surface area contributed by atoms with E-state index in [2.05, 4.69) is 45.9 Å². The lowest BCUT2D eigenvalue weighted by Crippen LogP contribution is -2.60. The molecule has 0 spiro atoms. The number of aliphatic hydroxyl groups is 1. The second-order valence-corrected chi connectivity index (χ2v) is 14.1. The monoisotopic (exact) mass is 778 g/mol. The summed E-state index contributed by atoms with van der Waals surface area (Å²) in [6.07, 6.45) is 4.46. The molecule has 0 radical (unpaired) electrons. The number of nitrogens with two attached hydrogens (primary N) is 1. The van der Waals surface area contributed by atoms with Crippen molar-refractivity contribution >= 4 is 43.6 Å². The van der Waals surface area contributed by atoms with Crippen LogP contribution in [0.5, 0.6) is 0 Å². The number of rotatable bonds is 25. The van der Waals surface area contributed by atoms with Gasteiger partial charge in [-0.25, -0.2) is 15.1 Å². The predicted molar refractivity (Wildman–Crippen MR) is 195 cm³/mol. The molecule has 0 aliphatic rings. The van der Waals surface area contributed by atoms with E-state index in [1.165, 1.54) is 24.3 Å². The molecule has 6 atom stereocenters. The largest absolute Gasteiger partial charge is 0.469 e. The third-order valence-electron chi connectivity index (χ3n) is 7.87. The molecule has 6 unspecified atom stereocenters. The number of carbonyl (C=O) groups excluding carboxylic acids is 5. The van der Waals surface area contributed by atoms with Crippen molar-refractivity contribution in [1.29, 1.82) is 5.53 Å². The third-order valence-corrected chi connectivity index (χ3v) is 8.48. The second kappa shape index (κ2) is 23.0. The smallest absolute Gasteiger partial charge is 0.394 e. The molecule has 5 amide bonds. The fourth-order valence-electron chi connectivity index (χ4n) is 5.15. The van der Waals surface area contributed by atoms with Crippen LogP contribution in [0.1, 0.15) is 57.7 Å². The van der Waals surface area contributed by atoms with Crippen LogP contribution < -0.4 is 27.0 Å². The fraction of sp³-hybridized carbons (Fsp3) is 0.545. The maximum atomic E-state index is 13.6. The van der Waals surface area contributed by atoms with Gasteiger partial charge in [0.15, 0.2) is 0 Å². The first-order valence-corrected chi connectivity index (χ1v) is 18.8. The first-order valence-electron chi connectivity index (χ1n) is 17.2. The van der Waals surface area contributed by atoms with Crippen LogP contribution in [0.25, 0.3) is 0 Å². The van der Waals surface area contributed by atoms with Gasteiger partial charge in [-0.3, -0.25) is 33.5 Å². The molecule has 1 aromatic heterocycles. The van der Waals surface area contributed by atoms with Crippen LogP contribution in [-0.4, -0.2) is 110 Å². The number of aromatic amines is 1. The van der Waals surface area contributed by atoms with Gasteiger partial charge in [0.25, 0.3) is 0 Å². The van der Waals surface area contributed by atoms with Crippen molar-refractivity contribution in [3.63, 3.8) is 0 Å². The number of benzene rings is 1. The Bertz CT molecular complexity index is 1590. The molecule has 0 aliphatic carbocycles. The molecule has 2 rings (SSSR count). The molecular weight excluding hydrogens is 727 g/mol. The maximum absolute atomic E-state index is 13.6. The van der Waals surface area contributed by atoms with Crippen molar-refractivity contribution in [1.82, 2.24) is 31.2 Å². The zero-order chi connectivity index (χ0) is 40.3. The van der Waals surface area contributed by atoms with E-state index < -0.39 is 80.3 Å². The van der Waals surface area contributed by atoms with Gasteiger partial charge in [-0.1, -0.05) is 44.2 Å². The Labute approximate surface area is 312 Å². The Balaban J connectivity index is 2.08. The van der Waals surface area contributed by atoms with Crippen LogP contribution in [0, 0.1) is 11.4 Å². The second-order valence-electron chi connectivity index (χ2n) is 12.9. The SMILES string of the molecule is CC(C)CC(NC(=O)CCC(C=NCCCc1ccccc1)N=N)C(=O)NC(Cc1cnc[nH]1)C(=O)NC(CO)C(=O)NC(C(N)=O)C(C)OP(=O)(O)O. The normalized spacial score (nSPS) is 15.0. The molecule has 0 fully saturated rings. The Morgan fingerprint density at radius 3 is 2.22 bits per heavy atom. The van der Waals surface area contributed by atoms with E-state index in [-0.39, 0.29) is 31.6 Å². The van der Waals surface area contributed by atoms with E-state index in [0.29, 0.717) is 12.2 Å². The molecule has 54 heavy (non-hydrogen) atoms. The van der Waals surface area contributed by atoms with Gasteiger partial charge in [-0.2, -0.15) is 5.11 Å². The number of carbonyl (C=O) groups is 5. The summed E-state index contributed by atoms with van der Waals surface area (Å²) >= 11 is 0. The summed E-state index contributed by atoms with van der Waals surface area (Å²) < 4.78 is 15.7. The number of primary amides is 1. The molecule has 21 heteroatoms. The number of imidazole rings is 1. The highest BCUT2D eigenvalue weighted by atomic mass is 31.2. The lowest BCUT2D eigenvalue weighted by Gasteiger charge is -2.27. The summed E-state index contributed by atoms with van der Waals surface area (Å²) in [5, 5.41) is 23.1. The molecule has 0 bridgehead atoms. The number of nitrogens with one attached hydrogen (secondary N) is 6. The molecule has 2 aromatic rings. The summed E-state index contributed by atoms with van der Waals surface area (Å²) in [7, 11) is -5.09.